The Balaban J connectivity index is 2.21. The zero-order valence-corrected chi connectivity index (χ0v) is 8.22. The molecule has 0 aromatic heterocycles. The Bertz CT molecular complexity index is 305. The highest BCUT2D eigenvalue weighted by Gasteiger charge is 2.08. The maximum atomic E-state index is 3.30. The summed E-state index contributed by atoms with van der Waals surface area (Å²) in [6.45, 7) is 5.36. The average molecular weight is 176 g/mol. The summed E-state index contributed by atoms with van der Waals surface area (Å²) >= 11 is 0. The monoisotopic (exact) mass is 176 g/mol. The molecule has 2 rings (SSSR count). The summed E-state index contributed by atoms with van der Waals surface area (Å²) < 4.78 is 0. The van der Waals surface area contributed by atoms with Gasteiger partial charge in [-0.2, -0.15) is 0 Å². The zero-order valence-electron chi connectivity index (χ0n) is 8.22. The molecule has 0 fully saturated rings. The van der Waals surface area contributed by atoms with Crippen molar-refractivity contribution in [3.8, 4) is 0 Å². The summed E-state index contributed by atoms with van der Waals surface area (Å²) in [6.07, 6.45) is 1.16. The van der Waals surface area contributed by atoms with Crippen molar-refractivity contribution in [2.24, 2.45) is 5.92 Å². The van der Waals surface area contributed by atoms with Crippen LogP contribution in [0.1, 0.15) is 19.4 Å². The summed E-state index contributed by atoms with van der Waals surface area (Å²) in [6, 6.07) is 6.61. The molecule has 2 nitrogen and oxygen atoms in total. The molecule has 1 aromatic rings. The number of nitrogens with one attached hydrogen (secondary N) is 2. The molecule has 0 amide bonds. The van der Waals surface area contributed by atoms with E-state index in [1.807, 2.05) is 0 Å². The smallest absolute Gasteiger partial charge is 0.0850 e. The van der Waals surface area contributed by atoms with Crippen molar-refractivity contribution in [2.45, 2.75) is 20.3 Å². The maximum Gasteiger partial charge on any atom is 0.0850 e. The quantitative estimate of drug-likeness (QED) is 0.724. The Morgan fingerprint density at radius 3 is 2.77 bits per heavy atom. The molecule has 1 aromatic carbocycles. The van der Waals surface area contributed by atoms with Crippen LogP contribution in [0.25, 0.3) is 0 Å². The molecule has 1 aliphatic rings. The summed E-state index contributed by atoms with van der Waals surface area (Å²) in [4.78, 5) is 0. The third-order valence-electron chi connectivity index (χ3n) is 2.29. The van der Waals surface area contributed by atoms with Crippen LogP contribution in [0.15, 0.2) is 18.2 Å². The van der Waals surface area contributed by atoms with Crippen LogP contribution >= 0.6 is 0 Å². The first-order valence-electron chi connectivity index (χ1n) is 4.86. The predicted octanol–water partition coefficient (Wildman–Crippen LogP) is 2.68. The third kappa shape index (κ3) is 1.77. The lowest BCUT2D eigenvalue weighted by Crippen LogP contribution is -1.99. The van der Waals surface area contributed by atoms with Gasteiger partial charge in [-0.25, -0.2) is 0 Å². The topological polar surface area (TPSA) is 24.1 Å². The highest BCUT2D eigenvalue weighted by molar-refractivity contribution is 5.73. The predicted molar refractivity (Wildman–Crippen MR) is 57.1 cm³/mol. The number of hydrogen-bond acceptors (Lipinski definition) is 2. The van der Waals surface area contributed by atoms with E-state index < -0.39 is 0 Å². The van der Waals surface area contributed by atoms with Crippen LogP contribution in [0.5, 0.6) is 0 Å². The molecular weight excluding hydrogens is 160 g/mol. The Morgan fingerprint density at radius 1 is 1.23 bits per heavy atom. The van der Waals surface area contributed by atoms with Crippen LogP contribution in [0.2, 0.25) is 0 Å². The van der Waals surface area contributed by atoms with Gasteiger partial charge in [0.05, 0.1) is 18.0 Å². The summed E-state index contributed by atoms with van der Waals surface area (Å²) in [5.41, 5.74) is 3.90. The van der Waals surface area contributed by atoms with Crippen LogP contribution in [0, 0.1) is 5.92 Å². The lowest BCUT2D eigenvalue weighted by molar-refractivity contribution is 0.647. The van der Waals surface area contributed by atoms with Gasteiger partial charge < -0.3 is 10.6 Å². The number of rotatable bonds is 2. The number of anilines is 2. The lowest BCUT2D eigenvalue weighted by atomic mass is 10.0. The molecule has 0 saturated heterocycles. The second-order valence-corrected chi connectivity index (χ2v) is 4.01. The fraction of sp³-hybridized carbons (Fsp3) is 0.455. The van der Waals surface area contributed by atoms with Crippen LogP contribution in [-0.2, 0) is 6.42 Å². The number of benzene rings is 1. The first-order valence-corrected chi connectivity index (χ1v) is 4.86. The second-order valence-electron chi connectivity index (χ2n) is 4.01. The highest BCUT2D eigenvalue weighted by atomic mass is 15.1. The van der Waals surface area contributed by atoms with Crippen LogP contribution in [0.4, 0.5) is 11.4 Å². The number of hydrogen-bond donors (Lipinski definition) is 2. The van der Waals surface area contributed by atoms with Crippen LogP contribution in [0.3, 0.4) is 0 Å². The van der Waals surface area contributed by atoms with Gasteiger partial charge in [0, 0.05) is 0 Å². The lowest BCUT2D eigenvalue weighted by Gasteiger charge is -2.06. The van der Waals surface area contributed by atoms with Gasteiger partial charge in [0.15, 0.2) is 0 Å². The first-order chi connectivity index (χ1) is 6.25. The van der Waals surface area contributed by atoms with E-state index in [0.29, 0.717) is 0 Å². The normalized spacial score (nSPS) is 13.8. The minimum Gasteiger partial charge on any atom is -0.366 e. The average Bonchev–Trinajstić information content (AvgIpc) is 2.49. The maximum absolute atomic E-state index is 3.30. The SMILES string of the molecule is CC(C)Cc1ccc2c(c1)NCN2. The minimum absolute atomic E-state index is 0.729. The van der Waals surface area contributed by atoms with Gasteiger partial charge in [0.2, 0.25) is 0 Å². The molecule has 0 atom stereocenters. The van der Waals surface area contributed by atoms with Gasteiger partial charge in [-0.05, 0) is 30.0 Å². The van der Waals surface area contributed by atoms with E-state index in [9.17, 15) is 0 Å². The van der Waals surface area contributed by atoms with E-state index in [-0.39, 0.29) is 0 Å². The van der Waals surface area contributed by atoms with Crippen LogP contribution < -0.4 is 10.6 Å². The van der Waals surface area contributed by atoms with Gasteiger partial charge >= 0.3 is 0 Å². The van der Waals surface area contributed by atoms with E-state index in [0.717, 1.165) is 19.0 Å². The van der Waals surface area contributed by atoms with Gasteiger partial charge in [-0.3, -0.25) is 0 Å². The molecule has 13 heavy (non-hydrogen) atoms. The fourth-order valence-corrected chi connectivity index (χ4v) is 1.72. The van der Waals surface area contributed by atoms with Crippen molar-refractivity contribution >= 4 is 11.4 Å². The number of fused-ring (bicyclic) bond motifs is 1. The molecule has 2 N–H and O–H groups in total. The molecule has 0 unspecified atom stereocenters. The van der Waals surface area contributed by atoms with Crippen molar-refractivity contribution in [1.29, 1.82) is 0 Å². The van der Waals surface area contributed by atoms with E-state index in [1.54, 1.807) is 0 Å². The molecule has 0 spiro atoms. The van der Waals surface area contributed by atoms with E-state index in [4.69, 9.17) is 0 Å². The molecule has 0 radical (unpaired) electrons. The Hall–Kier alpha value is -1.18. The van der Waals surface area contributed by atoms with Crippen molar-refractivity contribution < 1.29 is 0 Å². The van der Waals surface area contributed by atoms with E-state index in [2.05, 4.69) is 42.7 Å². The molecule has 2 heteroatoms. The molecule has 0 saturated carbocycles. The first kappa shape index (κ1) is 8.42. The van der Waals surface area contributed by atoms with Gasteiger partial charge in [0.25, 0.3) is 0 Å². The third-order valence-corrected chi connectivity index (χ3v) is 2.29. The zero-order chi connectivity index (χ0) is 9.26. The fourth-order valence-electron chi connectivity index (χ4n) is 1.72. The standard InChI is InChI=1S/C11H16N2/c1-8(2)5-9-3-4-10-11(6-9)13-7-12-10/h3-4,6,8,12-13H,5,7H2,1-2H3. The van der Waals surface area contributed by atoms with Gasteiger partial charge in [-0.15, -0.1) is 0 Å². The Kier molecular flexibility index (Phi) is 2.13. The molecule has 0 bridgehead atoms. The molecule has 70 valence electrons. The minimum atomic E-state index is 0.729. The van der Waals surface area contributed by atoms with Crippen molar-refractivity contribution in [1.82, 2.24) is 0 Å². The molecule has 1 aliphatic heterocycles. The van der Waals surface area contributed by atoms with Crippen molar-refractivity contribution in [2.75, 3.05) is 17.3 Å². The summed E-state index contributed by atoms with van der Waals surface area (Å²) in [5, 5.41) is 6.57. The summed E-state index contributed by atoms with van der Waals surface area (Å²) in [5.74, 6) is 0.729. The van der Waals surface area contributed by atoms with Crippen LogP contribution in [-0.4, -0.2) is 6.67 Å². The van der Waals surface area contributed by atoms with E-state index in [1.165, 1.54) is 16.9 Å². The van der Waals surface area contributed by atoms with E-state index >= 15 is 0 Å². The van der Waals surface area contributed by atoms with Gasteiger partial charge in [-0.1, -0.05) is 19.9 Å². The van der Waals surface area contributed by atoms with Crippen molar-refractivity contribution in [3.63, 3.8) is 0 Å². The summed E-state index contributed by atoms with van der Waals surface area (Å²) in [7, 11) is 0. The Labute approximate surface area is 79.4 Å². The largest absolute Gasteiger partial charge is 0.366 e. The molecule has 0 aliphatic carbocycles. The molecule has 1 heterocycles. The Morgan fingerprint density at radius 2 is 2.00 bits per heavy atom. The van der Waals surface area contributed by atoms with Crippen molar-refractivity contribution in [3.05, 3.63) is 23.8 Å². The highest BCUT2D eigenvalue weighted by Crippen LogP contribution is 2.27. The van der Waals surface area contributed by atoms with Gasteiger partial charge in [0.1, 0.15) is 0 Å². The second kappa shape index (κ2) is 3.29. The molecular formula is C11H16N2.